The Hall–Kier alpha value is -0.570. The van der Waals surface area contributed by atoms with E-state index in [9.17, 15) is 4.79 Å². The standard InChI is InChI=1S/C6H14N2O.C2H6.H2/c1-5(2)8(3)6(9)4-7;1-2;/h5H,4,7H2,1-3H3;1-2H3;1H. The van der Waals surface area contributed by atoms with Crippen LogP contribution in [0, 0.1) is 0 Å². The molecule has 3 nitrogen and oxygen atoms in total. The van der Waals surface area contributed by atoms with Gasteiger partial charge in [-0.1, -0.05) is 13.8 Å². The zero-order valence-electron chi connectivity index (χ0n) is 8.22. The summed E-state index contributed by atoms with van der Waals surface area (Å²) in [5.74, 6) is -0.00926. The van der Waals surface area contributed by atoms with E-state index in [2.05, 4.69) is 0 Å². The normalized spacial score (nSPS) is 8.64. The Labute approximate surface area is 71.0 Å². The second-order valence-corrected chi connectivity index (χ2v) is 2.30. The number of likely N-dealkylation sites (N-methyl/N-ethyl adjacent to an activating group) is 1. The molecule has 0 spiro atoms. The van der Waals surface area contributed by atoms with E-state index in [-0.39, 0.29) is 19.9 Å². The molecule has 0 aliphatic heterocycles. The highest BCUT2D eigenvalue weighted by atomic mass is 16.2. The van der Waals surface area contributed by atoms with Gasteiger partial charge in [0.05, 0.1) is 6.54 Å². The van der Waals surface area contributed by atoms with Gasteiger partial charge >= 0.3 is 0 Å². The van der Waals surface area contributed by atoms with Crippen LogP contribution in [-0.4, -0.2) is 30.4 Å². The zero-order chi connectivity index (χ0) is 9.44. The Morgan fingerprint density at radius 1 is 1.55 bits per heavy atom. The monoisotopic (exact) mass is 162 g/mol. The fourth-order valence-corrected chi connectivity index (χ4v) is 0.432. The molecule has 0 radical (unpaired) electrons. The molecule has 0 saturated carbocycles. The van der Waals surface area contributed by atoms with Crippen LogP contribution in [-0.2, 0) is 4.79 Å². The fourth-order valence-electron chi connectivity index (χ4n) is 0.432. The van der Waals surface area contributed by atoms with Crippen molar-refractivity contribution in [2.24, 2.45) is 5.73 Å². The fraction of sp³-hybridized carbons (Fsp3) is 0.875. The van der Waals surface area contributed by atoms with E-state index in [0.29, 0.717) is 0 Å². The molecule has 0 aliphatic rings. The van der Waals surface area contributed by atoms with Gasteiger partial charge < -0.3 is 10.6 Å². The summed E-state index contributed by atoms with van der Waals surface area (Å²) in [4.78, 5) is 12.4. The molecular weight excluding hydrogens is 140 g/mol. The van der Waals surface area contributed by atoms with Crippen molar-refractivity contribution in [3.8, 4) is 0 Å². The number of hydrogen-bond acceptors (Lipinski definition) is 2. The van der Waals surface area contributed by atoms with Gasteiger partial charge in [-0.3, -0.25) is 4.79 Å². The largest absolute Gasteiger partial charge is 0.342 e. The molecule has 1 amide bonds. The minimum atomic E-state index is -0.00926. The van der Waals surface area contributed by atoms with Gasteiger partial charge in [-0.05, 0) is 13.8 Å². The average Bonchev–Trinajstić information content (AvgIpc) is 2.05. The molecule has 70 valence electrons. The SMILES string of the molecule is CC.CC(C)N(C)C(=O)CN.[HH]. The van der Waals surface area contributed by atoms with E-state index in [1.165, 1.54) is 0 Å². The molecule has 0 saturated heterocycles. The molecule has 3 heteroatoms. The van der Waals surface area contributed by atoms with Crippen molar-refractivity contribution in [2.45, 2.75) is 33.7 Å². The van der Waals surface area contributed by atoms with E-state index < -0.39 is 0 Å². The van der Waals surface area contributed by atoms with Crippen LogP contribution >= 0.6 is 0 Å². The van der Waals surface area contributed by atoms with Crippen molar-refractivity contribution in [1.82, 2.24) is 4.90 Å². The number of nitrogens with two attached hydrogens (primary N) is 1. The molecule has 0 unspecified atom stereocenters. The summed E-state index contributed by atoms with van der Waals surface area (Å²) in [7, 11) is 1.75. The van der Waals surface area contributed by atoms with Crippen LogP contribution in [0.4, 0.5) is 0 Å². The molecule has 0 aromatic rings. The summed E-state index contributed by atoms with van der Waals surface area (Å²) < 4.78 is 0. The second kappa shape index (κ2) is 7.54. The van der Waals surface area contributed by atoms with E-state index in [4.69, 9.17) is 5.73 Å². The molecule has 11 heavy (non-hydrogen) atoms. The van der Waals surface area contributed by atoms with Crippen molar-refractivity contribution < 1.29 is 6.22 Å². The van der Waals surface area contributed by atoms with Gasteiger partial charge in [0.25, 0.3) is 0 Å². The Kier molecular flexibility index (Phi) is 8.94. The molecule has 0 bridgehead atoms. The van der Waals surface area contributed by atoms with Gasteiger partial charge in [-0.2, -0.15) is 0 Å². The third-order valence-electron chi connectivity index (χ3n) is 1.34. The Morgan fingerprint density at radius 2 is 1.91 bits per heavy atom. The quantitative estimate of drug-likeness (QED) is 0.660. The maximum atomic E-state index is 10.8. The van der Waals surface area contributed by atoms with Crippen LogP contribution in [0.5, 0.6) is 0 Å². The molecule has 0 aromatic carbocycles. The Balaban J connectivity index is -0.000000249. The first-order valence-electron chi connectivity index (χ1n) is 4.05. The number of hydrogen-bond donors (Lipinski definition) is 1. The first-order valence-corrected chi connectivity index (χ1v) is 4.05. The maximum absolute atomic E-state index is 10.8. The van der Waals surface area contributed by atoms with Crippen molar-refractivity contribution in [3.05, 3.63) is 0 Å². The molecular formula is C8H22N2O. The zero-order valence-corrected chi connectivity index (χ0v) is 8.22. The minimum Gasteiger partial charge on any atom is -0.342 e. The number of rotatable bonds is 2. The number of amides is 1. The molecule has 0 fully saturated rings. The first-order chi connectivity index (χ1) is 5.09. The predicted molar refractivity (Wildman–Crippen MR) is 50.4 cm³/mol. The van der Waals surface area contributed by atoms with E-state index in [1.54, 1.807) is 11.9 Å². The summed E-state index contributed by atoms with van der Waals surface area (Å²) in [5, 5.41) is 0. The number of carbonyl (C=O) groups excluding carboxylic acids is 1. The third kappa shape index (κ3) is 5.85. The topological polar surface area (TPSA) is 46.3 Å². The second-order valence-electron chi connectivity index (χ2n) is 2.30. The van der Waals surface area contributed by atoms with E-state index in [0.717, 1.165) is 0 Å². The molecule has 0 atom stereocenters. The summed E-state index contributed by atoms with van der Waals surface area (Å²) in [6.45, 7) is 8.01. The maximum Gasteiger partial charge on any atom is 0.236 e. The lowest BCUT2D eigenvalue weighted by Crippen LogP contribution is -2.37. The molecule has 0 heterocycles. The van der Waals surface area contributed by atoms with Crippen LogP contribution in [0.1, 0.15) is 29.1 Å². The highest BCUT2D eigenvalue weighted by molar-refractivity contribution is 5.77. The van der Waals surface area contributed by atoms with Crippen LogP contribution in [0.15, 0.2) is 0 Å². The van der Waals surface area contributed by atoms with Crippen LogP contribution in [0.25, 0.3) is 0 Å². The lowest BCUT2D eigenvalue weighted by Gasteiger charge is -2.20. The molecule has 0 aliphatic carbocycles. The Bertz CT molecular complexity index is 107. The minimum absolute atomic E-state index is 0. The van der Waals surface area contributed by atoms with Crippen LogP contribution < -0.4 is 5.73 Å². The summed E-state index contributed by atoms with van der Waals surface area (Å²) >= 11 is 0. The van der Waals surface area contributed by atoms with E-state index >= 15 is 0 Å². The average molecular weight is 162 g/mol. The third-order valence-corrected chi connectivity index (χ3v) is 1.34. The lowest BCUT2D eigenvalue weighted by atomic mass is 10.3. The number of nitrogens with zero attached hydrogens (tertiary/aromatic N) is 1. The predicted octanol–water partition coefficient (Wildman–Crippen LogP) is 1.08. The molecule has 0 rings (SSSR count). The first kappa shape index (κ1) is 13.1. The van der Waals surface area contributed by atoms with Gasteiger partial charge in [-0.15, -0.1) is 0 Å². The van der Waals surface area contributed by atoms with Gasteiger partial charge in [0.1, 0.15) is 0 Å². The molecule has 2 N–H and O–H groups in total. The van der Waals surface area contributed by atoms with E-state index in [1.807, 2.05) is 27.7 Å². The molecule has 0 aromatic heterocycles. The van der Waals surface area contributed by atoms with Crippen LogP contribution in [0.3, 0.4) is 0 Å². The highest BCUT2D eigenvalue weighted by Gasteiger charge is 2.07. The van der Waals surface area contributed by atoms with Crippen molar-refractivity contribution in [3.63, 3.8) is 0 Å². The summed E-state index contributed by atoms with van der Waals surface area (Å²) in [6, 6.07) is 0.251. The summed E-state index contributed by atoms with van der Waals surface area (Å²) in [6.07, 6.45) is 0. The van der Waals surface area contributed by atoms with Crippen molar-refractivity contribution in [1.29, 1.82) is 0 Å². The van der Waals surface area contributed by atoms with Gasteiger partial charge in [0.15, 0.2) is 0 Å². The van der Waals surface area contributed by atoms with Gasteiger partial charge in [0, 0.05) is 14.5 Å². The smallest absolute Gasteiger partial charge is 0.236 e. The Morgan fingerprint density at radius 3 is 2.00 bits per heavy atom. The van der Waals surface area contributed by atoms with Crippen molar-refractivity contribution >= 4 is 5.91 Å². The van der Waals surface area contributed by atoms with Gasteiger partial charge in [0.2, 0.25) is 5.91 Å². The van der Waals surface area contributed by atoms with Crippen LogP contribution in [0.2, 0.25) is 0 Å². The summed E-state index contributed by atoms with van der Waals surface area (Å²) in [5.41, 5.74) is 5.12. The lowest BCUT2D eigenvalue weighted by molar-refractivity contribution is -0.129. The van der Waals surface area contributed by atoms with Gasteiger partial charge in [-0.25, -0.2) is 0 Å². The van der Waals surface area contributed by atoms with Crippen molar-refractivity contribution in [2.75, 3.05) is 13.6 Å². The highest BCUT2D eigenvalue weighted by Crippen LogP contribution is 1.91. The number of carbonyl (C=O) groups is 1.